The average Bonchev–Trinajstić information content (AvgIpc) is 1.85. The van der Waals surface area contributed by atoms with Crippen LogP contribution in [-0.4, -0.2) is 12.3 Å². The van der Waals surface area contributed by atoms with Crippen LogP contribution in [-0.2, 0) is 0 Å². The van der Waals surface area contributed by atoms with Crippen molar-refractivity contribution in [2.45, 2.75) is 6.92 Å². The first-order valence-corrected chi connectivity index (χ1v) is 3.30. The quantitative estimate of drug-likeness (QED) is 0.626. The van der Waals surface area contributed by atoms with Crippen LogP contribution in [0.1, 0.15) is 5.56 Å². The highest BCUT2D eigenvalue weighted by atomic mass is 19.1. The van der Waals surface area contributed by atoms with E-state index in [9.17, 15) is 4.39 Å². The Morgan fingerprint density at radius 1 is 1.45 bits per heavy atom. The molecular weight excluding hydrogens is 145 g/mol. The number of anilines is 1. The van der Waals surface area contributed by atoms with Crippen molar-refractivity contribution in [1.29, 1.82) is 0 Å². The van der Waals surface area contributed by atoms with Crippen molar-refractivity contribution in [2.75, 3.05) is 12.1 Å². The molecule has 0 aliphatic heterocycles. The first-order chi connectivity index (χ1) is 5.11. The van der Waals surface area contributed by atoms with E-state index >= 15 is 0 Å². The second-order valence-electron chi connectivity index (χ2n) is 2.45. The smallest absolute Gasteiger partial charge is 0.123 e. The van der Waals surface area contributed by atoms with Gasteiger partial charge < -0.3 is 0 Å². The van der Waals surface area contributed by atoms with Crippen LogP contribution < -0.4 is 5.06 Å². The summed E-state index contributed by atoms with van der Waals surface area (Å²) in [4.78, 5) is 0. The van der Waals surface area contributed by atoms with E-state index in [1.807, 2.05) is 0 Å². The summed E-state index contributed by atoms with van der Waals surface area (Å²) in [6.45, 7) is 1.74. The van der Waals surface area contributed by atoms with Gasteiger partial charge in [-0.1, -0.05) is 0 Å². The fourth-order valence-electron chi connectivity index (χ4n) is 0.982. The van der Waals surface area contributed by atoms with Crippen molar-refractivity contribution in [1.82, 2.24) is 0 Å². The highest BCUT2D eigenvalue weighted by molar-refractivity contribution is 5.50. The van der Waals surface area contributed by atoms with Crippen LogP contribution in [0.2, 0.25) is 0 Å². The fourth-order valence-corrected chi connectivity index (χ4v) is 0.982. The van der Waals surface area contributed by atoms with Gasteiger partial charge in [0.25, 0.3) is 0 Å². The van der Waals surface area contributed by atoms with Gasteiger partial charge >= 0.3 is 0 Å². The van der Waals surface area contributed by atoms with Gasteiger partial charge in [0.2, 0.25) is 0 Å². The molecule has 3 heteroatoms. The molecule has 0 atom stereocenters. The summed E-state index contributed by atoms with van der Waals surface area (Å²) in [7, 11) is 1.50. The van der Waals surface area contributed by atoms with E-state index in [0.717, 1.165) is 10.6 Å². The van der Waals surface area contributed by atoms with Gasteiger partial charge in [0.1, 0.15) is 5.82 Å². The van der Waals surface area contributed by atoms with E-state index in [1.54, 1.807) is 6.92 Å². The summed E-state index contributed by atoms with van der Waals surface area (Å²) in [6, 6.07) is 4.22. The van der Waals surface area contributed by atoms with E-state index in [2.05, 4.69) is 0 Å². The SMILES string of the molecule is Cc1cc(F)ccc1N(C)O. The molecule has 11 heavy (non-hydrogen) atoms. The maximum absolute atomic E-state index is 12.5. The summed E-state index contributed by atoms with van der Waals surface area (Å²) in [5, 5.41) is 9.97. The molecule has 0 saturated heterocycles. The predicted octanol–water partition coefficient (Wildman–Crippen LogP) is 1.96. The molecule has 0 spiro atoms. The zero-order valence-corrected chi connectivity index (χ0v) is 6.50. The van der Waals surface area contributed by atoms with Gasteiger partial charge in [-0.25, -0.2) is 4.39 Å². The summed E-state index contributed by atoms with van der Waals surface area (Å²) in [5.74, 6) is -0.284. The number of halogens is 1. The van der Waals surface area contributed by atoms with Gasteiger partial charge in [0, 0.05) is 7.05 Å². The Balaban J connectivity index is 3.09. The zero-order valence-electron chi connectivity index (χ0n) is 6.50. The Morgan fingerprint density at radius 3 is 2.55 bits per heavy atom. The van der Waals surface area contributed by atoms with Crippen LogP contribution in [0.5, 0.6) is 0 Å². The van der Waals surface area contributed by atoms with Crippen LogP contribution in [0.4, 0.5) is 10.1 Å². The second-order valence-corrected chi connectivity index (χ2v) is 2.45. The summed E-state index contributed by atoms with van der Waals surface area (Å²) in [6.07, 6.45) is 0. The number of nitrogens with zero attached hydrogens (tertiary/aromatic N) is 1. The standard InChI is InChI=1S/C8H10FNO/c1-6-5-7(9)3-4-8(6)10(2)11/h3-5,11H,1-2H3. The summed E-state index contributed by atoms with van der Waals surface area (Å²) < 4.78 is 12.5. The number of benzene rings is 1. The minimum atomic E-state index is -0.284. The minimum absolute atomic E-state index is 0.284. The molecule has 1 aromatic rings. The van der Waals surface area contributed by atoms with Crippen LogP contribution in [0.25, 0.3) is 0 Å². The third-order valence-corrected chi connectivity index (χ3v) is 1.51. The maximum atomic E-state index is 12.5. The normalized spacial score (nSPS) is 9.82. The highest BCUT2D eigenvalue weighted by Crippen LogP contribution is 2.17. The van der Waals surface area contributed by atoms with Crippen LogP contribution in [0, 0.1) is 12.7 Å². The minimum Gasteiger partial charge on any atom is -0.289 e. The van der Waals surface area contributed by atoms with Gasteiger partial charge in [0.05, 0.1) is 5.69 Å². The summed E-state index contributed by atoms with van der Waals surface area (Å²) in [5.41, 5.74) is 1.33. The third-order valence-electron chi connectivity index (χ3n) is 1.51. The largest absolute Gasteiger partial charge is 0.289 e. The molecular formula is C8H10FNO. The lowest BCUT2D eigenvalue weighted by Crippen LogP contribution is -2.11. The van der Waals surface area contributed by atoms with Crippen molar-refractivity contribution in [3.05, 3.63) is 29.6 Å². The lowest BCUT2D eigenvalue weighted by atomic mass is 10.2. The Kier molecular flexibility index (Phi) is 2.10. The molecule has 0 bridgehead atoms. The molecule has 1 rings (SSSR count). The van der Waals surface area contributed by atoms with Gasteiger partial charge in [-0.15, -0.1) is 0 Å². The monoisotopic (exact) mass is 155 g/mol. The van der Waals surface area contributed by atoms with E-state index < -0.39 is 0 Å². The van der Waals surface area contributed by atoms with E-state index in [4.69, 9.17) is 5.21 Å². The highest BCUT2D eigenvalue weighted by Gasteiger charge is 2.01. The molecule has 0 heterocycles. The van der Waals surface area contributed by atoms with Gasteiger partial charge in [-0.3, -0.25) is 10.3 Å². The molecule has 1 N–H and O–H groups in total. The lowest BCUT2D eigenvalue weighted by Gasteiger charge is -2.12. The van der Waals surface area contributed by atoms with Crippen LogP contribution in [0.3, 0.4) is 0 Å². The molecule has 0 aromatic heterocycles. The third kappa shape index (κ3) is 1.68. The zero-order chi connectivity index (χ0) is 8.43. The van der Waals surface area contributed by atoms with Crippen LogP contribution >= 0.6 is 0 Å². The Labute approximate surface area is 64.8 Å². The first kappa shape index (κ1) is 8.01. The van der Waals surface area contributed by atoms with Crippen molar-refractivity contribution >= 4 is 5.69 Å². The predicted molar refractivity (Wildman–Crippen MR) is 41.3 cm³/mol. The first-order valence-electron chi connectivity index (χ1n) is 3.30. The van der Waals surface area contributed by atoms with Gasteiger partial charge in [-0.05, 0) is 30.7 Å². The van der Waals surface area contributed by atoms with Crippen LogP contribution in [0.15, 0.2) is 18.2 Å². The molecule has 0 radical (unpaired) electrons. The molecule has 2 nitrogen and oxygen atoms in total. The van der Waals surface area contributed by atoms with Crippen molar-refractivity contribution in [2.24, 2.45) is 0 Å². The number of aryl methyl sites for hydroxylation is 1. The lowest BCUT2D eigenvalue weighted by molar-refractivity contribution is 0.279. The van der Waals surface area contributed by atoms with E-state index in [1.165, 1.54) is 25.2 Å². The average molecular weight is 155 g/mol. The number of rotatable bonds is 1. The van der Waals surface area contributed by atoms with Crippen molar-refractivity contribution in [3.63, 3.8) is 0 Å². The Hall–Kier alpha value is -1.09. The Morgan fingerprint density at radius 2 is 2.09 bits per heavy atom. The topological polar surface area (TPSA) is 23.5 Å². The molecule has 0 aliphatic rings. The number of hydrogen-bond donors (Lipinski definition) is 1. The maximum Gasteiger partial charge on any atom is 0.123 e. The molecule has 0 amide bonds. The van der Waals surface area contributed by atoms with Gasteiger partial charge in [0.15, 0.2) is 0 Å². The molecule has 0 saturated carbocycles. The molecule has 1 aromatic carbocycles. The van der Waals surface area contributed by atoms with Crippen molar-refractivity contribution in [3.8, 4) is 0 Å². The fraction of sp³-hybridized carbons (Fsp3) is 0.250. The second kappa shape index (κ2) is 2.88. The number of hydrogen-bond acceptors (Lipinski definition) is 2. The summed E-state index contributed by atoms with van der Waals surface area (Å²) >= 11 is 0. The number of hydroxylamine groups is 1. The molecule has 0 unspecified atom stereocenters. The molecule has 60 valence electrons. The Bertz CT molecular complexity index is 260. The van der Waals surface area contributed by atoms with E-state index in [-0.39, 0.29) is 5.82 Å². The van der Waals surface area contributed by atoms with E-state index in [0.29, 0.717) is 5.69 Å². The molecule has 0 aliphatic carbocycles. The van der Waals surface area contributed by atoms with Gasteiger partial charge in [-0.2, -0.15) is 0 Å². The van der Waals surface area contributed by atoms with Crippen molar-refractivity contribution < 1.29 is 9.60 Å². The molecule has 0 fully saturated rings.